The van der Waals surface area contributed by atoms with Crippen molar-refractivity contribution < 1.29 is 14.7 Å². The fraction of sp³-hybridized carbons (Fsp3) is 0.875. The van der Waals surface area contributed by atoms with Crippen LogP contribution in [-0.4, -0.2) is 34.8 Å². The number of amides is 1. The van der Waals surface area contributed by atoms with Gasteiger partial charge in [-0.2, -0.15) is 0 Å². The summed E-state index contributed by atoms with van der Waals surface area (Å²) in [6.45, 7) is 4.33. The molecule has 0 unspecified atom stereocenters. The van der Waals surface area contributed by atoms with Crippen LogP contribution in [0.15, 0.2) is 0 Å². The standard InChI is InChI=1S/C8H15NO3/c1-8(2)6-7(11)9(12-8)4-3-5-10/h10H,3-6H2,1-2H3. The lowest BCUT2D eigenvalue weighted by Crippen LogP contribution is -2.27. The molecule has 0 atom stereocenters. The van der Waals surface area contributed by atoms with E-state index >= 15 is 0 Å². The van der Waals surface area contributed by atoms with E-state index in [0.29, 0.717) is 19.4 Å². The molecule has 0 bridgehead atoms. The molecular weight excluding hydrogens is 158 g/mol. The van der Waals surface area contributed by atoms with Gasteiger partial charge in [0.15, 0.2) is 0 Å². The van der Waals surface area contributed by atoms with Gasteiger partial charge in [-0.25, -0.2) is 5.06 Å². The highest BCUT2D eigenvalue weighted by Crippen LogP contribution is 2.25. The Bertz CT molecular complexity index is 179. The average Bonchev–Trinajstić information content (AvgIpc) is 2.20. The van der Waals surface area contributed by atoms with Gasteiger partial charge in [0.2, 0.25) is 5.91 Å². The monoisotopic (exact) mass is 173 g/mol. The van der Waals surface area contributed by atoms with Gasteiger partial charge >= 0.3 is 0 Å². The molecule has 4 heteroatoms. The van der Waals surface area contributed by atoms with Gasteiger partial charge in [-0.1, -0.05) is 0 Å². The van der Waals surface area contributed by atoms with Crippen LogP contribution in [0.3, 0.4) is 0 Å². The zero-order valence-corrected chi connectivity index (χ0v) is 7.54. The topological polar surface area (TPSA) is 49.8 Å². The zero-order valence-electron chi connectivity index (χ0n) is 7.54. The molecule has 0 radical (unpaired) electrons. The van der Waals surface area contributed by atoms with Crippen LogP contribution < -0.4 is 0 Å². The molecule has 1 fully saturated rings. The van der Waals surface area contributed by atoms with Crippen LogP contribution in [0.2, 0.25) is 0 Å². The number of aliphatic hydroxyl groups is 1. The molecule has 0 aromatic heterocycles. The number of hydrogen-bond acceptors (Lipinski definition) is 3. The number of carbonyl (C=O) groups excluding carboxylic acids is 1. The van der Waals surface area contributed by atoms with Gasteiger partial charge in [0, 0.05) is 6.61 Å². The molecule has 12 heavy (non-hydrogen) atoms. The molecule has 1 aliphatic heterocycles. The molecule has 0 aromatic rings. The van der Waals surface area contributed by atoms with Crippen LogP contribution in [0.5, 0.6) is 0 Å². The molecule has 0 spiro atoms. The summed E-state index contributed by atoms with van der Waals surface area (Å²) < 4.78 is 0. The largest absolute Gasteiger partial charge is 0.396 e. The maximum absolute atomic E-state index is 11.2. The van der Waals surface area contributed by atoms with Crippen LogP contribution in [0.4, 0.5) is 0 Å². The van der Waals surface area contributed by atoms with Crippen molar-refractivity contribution in [1.29, 1.82) is 0 Å². The minimum atomic E-state index is -0.369. The lowest BCUT2D eigenvalue weighted by atomic mass is 10.1. The van der Waals surface area contributed by atoms with Gasteiger partial charge in [0.25, 0.3) is 0 Å². The van der Waals surface area contributed by atoms with E-state index in [1.807, 2.05) is 13.8 Å². The van der Waals surface area contributed by atoms with Crippen molar-refractivity contribution in [3.63, 3.8) is 0 Å². The van der Waals surface area contributed by atoms with Crippen molar-refractivity contribution >= 4 is 5.91 Å². The molecule has 1 saturated heterocycles. The molecule has 1 heterocycles. The highest BCUT2D eigenvalue weighted by Gasteiger charge is 2.36. The lowest BCUT2D eigenvalue weighted by molar-refractivity contribution is -0.191. The molecule has 1 rings (SSSR count). The summed E-state index contributed by atoms with van der Waals surface area (Å²) in [6, 6.07) is 0. The second-order valence-electron chi connectivity index (χ2n) is 3.60. The second kappa shape index (κ2) is 3.41. The third-order valence-corrected chi connectivity index (χ3v) is 1.73. The molecule has 1 amide bonds. The van der Waals surface area contributed by atoms with Crippen molar-refractivity contribution in [3.8, 4) is 0 Å². The molecule has 4 nitrogen and oxygen atoms in total. The van der Waals surface area contributed by atoms with E-state index in [-0.39, 0.29) is 18.1 Å². The molecule has 70 valence electrons. The fourth-order valence-electron chi connectivity index (χ4n) is 1.22. The van der Waals surface area contributed by atoms with Crippen LogP contribution in [-0.2, 0) is 9.63 Å². The summed E-state index contributed by atoms with van der Waals surface area (Å²) in [4.78, 5) is 16.6. The summed E-state index contributed by atoms with van der Waals surface area (Å²) in [7, 11) is 0. The SMILES string of the molecule is CC1(C)CC(=O)N(CCCO)O1. The smallest absolute Gasteiger partial charge is 0.249 e. The van der Waals surface area contributed by atoms with Crippen LogP contribution in [0.1, 0.15) is 26.7 Å². The Morgan fingerprint density at radius 2 is 2.33 bits per heavy atom. The number of carbonyl (C=O) groups is 1. The van der Waals surface area contributed by atoms with E-state index in [4.69, 9.17) is 9.94 Å². The second-order valence-corrected chi connectivity index (χ2v) is 3.60. The van der Waals surface area contributed by atoms with Gasteiger partial charge < -0.3 is 5.11 Å². The third kappa shape index (κ3) is 2.19. The normalized spacial score (nSPS) is 21.9. The summed E-state index contributed by atoms with van der Waals surface area (Å²) in [6.07, 6.45) is 1.00. The number of nitrogens with zero attached hydrogens (tertiary/aromatic N) is 1. The molecule has 0 aliphatic carbocycles. The Morgan fingerprint density at radius 1 is 1.67 bits per heavy atom. The third-order valence-electron chi connectivity index (χ3n) is 1.73. The van der Waals surface area contributed by atoms with Crippen LogP contribution >= 0.6 is 0 Å². The maximum Gasteiger partial charge on any atom is 0.249 e. The Kier molecular flexibility index (Phi) is 2.69. The molecular formula is C8H15NO3. The average molecular weight is 173 g/mol. The number of hydroxylamine groups is 2. The summed E-state index contributed by atoms with van der Waals surface area (Å²) in [5.41, 5.74) is -0.369. The lowest BCUT2D eigenvalue weighted by Gasteiger charge is -2.19. The van der Waals surface area contributed by atoms with Gasteiger partial charge in [-0.15, -0.1) is 0 Å². The summed E-state index contributed by atoms with van der Waals surface area (Å²) in [5.74, 6) is 0.00782. The van der Waals surface area contributed by atoms with Crippen molar-refractivity contribution in [3.05, 3.63) is 0 Å². The van der Waals surface area contributed by atoms with Crippen molar-refractivity contribution in [1.82, 2.24) is 5.06 Å². The molecule has 0 aromatic carbocycles. The first-order valence-electron chi connectivity index (χ1n) is 4.15. The number of aliphatic hydroxyl groups excluding tert-OH is 1. The van der Waals surface area contributed by atoms with E-state index in [2.05, 4.69) is 0 Å². The minimum absolute atomic E-state index is 0.00782. The van der Waals surface area contributed by atoms with Crippen molar-refractivity contribution in [2.45, 2.75) is 32.3 Å². The van der Waals surface area contributed by atoms with E-state index in [9.17, 15) is 4.79 Å². The van der Waals surface area contributed by atoms with Gasteiger partial charge in [-0.3, -0.25) is 9.63 Å². The number of rotatable bonds is 3. The number of hydrogen-bond donors (Lipinski definition) is 1. The predicted octanol–water partition coefficient (Wildman–Crippen LogP) is 0.311. The van der Waals surface area contributed by atoms with Crippen molar-refractivity contribution in [2.24, 2.45) is 0 Å². The Labute approximate surface area is 72.1 Å². The van der Waals surface area contributed by atoms with Gasteiger partial charge in [0.1, 0.15) is 0 Å². The first-order chi connectivity index (χ1) is 5.55. The van der Waals surface area contributed by atoms with E-state index in [1.165, 1.54) is 5.06 Å². The first kappa shape index (κ1) is 9.48. The highest BCUT2D eigenvalue weighted by atomic mass is 16.7. The maximum atomic E-state index is 11.2. The van der Waals surface area contributed by atoms with Crippen molar-refractivity contribution in [2.75, 3.05) is 13.2 Å². The van der Waals surface area contributed by atoms with Crippen LogP contribution in [0.25, 0.3) is 0 Å². The molecule has 0 saturated carbocycles. The predicted molar refractivity (Wildman–Crippen MR) is 43.2 cm³/mol. The van der Waals surface area contributed by atoms with E-state index in [1.54, 1.807) is 0 Å². The summed E-state index contributed by atoms with van der Waals surface area (Å²) >= 11 is 0. The highest BCUT2D eigenvalue weighted by molar-refractivity contribution is 5.77. The van der Waals surface area contributed by atoms with E-state index < -0.39 is 0 Å². The zero-order chi connectivity index (χ0) is 9.19. The Morgan fingerprint density at radius 3 is 2.75 bits per heavy atom. The Hall–Kier alpha value is -0.610. The Balaban J connectivity index is 2.42. The molecule has 1 aliphatic rings. The molecule has 1 N–H and O–H groups in total. The fourth-order valence-corrected chi connectivity index (χ4v) is 1.22. The van der Waals surface area contributed by atoms with Crippen LogP contribution in [0, 0.1) is 0 Å². The van der Waals surface area contributed by atoms with Gasteiger partial charge in [0.05, 0.1) is 18.6 Å². The van der Waals surface area contributed by atoms with E-state index in [0.717, 1.165) is 0 Å². The quantitative estimate of drug-likeness (QED) is 0.668. The summed E-state index contributed by atoms with van der Waals surface area (Å²) in [5, 5.41) is 9.89. The van der Waals surface area contributed by atoms with Gasteiger partial charge in [-0.05, 0) is 20.3 Å². The minimum Gasteiger partial charge on any atom is -0.396 e. The first-order valence-corrected chi connectivity index (χ1v) is 4.15.